The maximum Gasteiger partial charge on any atom is 0.275 e. The summed E-state index contributed by atoms with van der Waals surface area (Å²) in [5.74, 6) is 0.654. The Labute approximate surface area is 168 Å². The normalized spacial score (nSPS) is 10.5. The van der Waals surface area contributed by atoms with Crippen LogP contribution in [0.4, 0.5) is 17.2 Å². The zero-order valence-electron chi connectivity index (χ0n) is 16.1. The Kier molecular flexibility index (Phi) is 5.80. The number of carbonyl (C=O) groups is 1. The Morgan fingerprint density at radius 2 is 1.79 bits per heavy atom. The number of hydrogen-bond acceptors (Lipinski definition) is 5. The zero-order chi connectivity index (χ0) is 20.3. The monoisotopic (exact) mass is 396 g/mol. The summed E-state index contributed by atoms with van der Waals surface area (Å²) in [5.41, 5.74) is 4.74. The molecule has 2 aromatic carbocycles. The standard InChI is InChI=1S/C21H21ClN4O2/c1-12-5-6-13(2)16(7-12)25-20-11-23-18(10-24-20)21(27)26-17-8-14(3)15(22)9-19(17)28-4/h5-11H,1-4H3,(H,24,25)(H,26,27). The molecule has 0 spiro atoms. The van der Waals surface area contributed by atoms with Crippen molar-refractivity contribution in [3.8, 4) is 5.75 Å². The van der Waals surface area contributed by atoms with Gasteiger partial charge in [0.15, 0.2) is 0 Å². The van der Waals surface area contributed by atoms with Gasteiger partial charge >= 0.3 is 0 Å². The number of nitrogens with zero attached hydrogens (tertiary/aromatic N) is 2. The Morgan fingerprint density at radius 3 is 2.46 bits per heavy atom. The fourth-order valence-corrected chi connectivity index (χ4v) is 2.79. The molecule has 28 heavy (non-hydrogen) atoms. The highest BCUT2D eigenvalue weighted by atomic mass is 35.5. The van der Waals surface area contributed by atoms with Gasteiger partial charge in [0.2, 0.25) is 0 Å². The third kappa shape index (κ3) is 4.40. The molecule has 0 saturated carbocycles. The number of methoxy groups -OCH3 is 1. The Morgan fingerprint density at radius 1 is 1.00 bits per heavy atom. The van der Waals surface area contributed by atoms with Gasteiger partial charge < -0.3 is 15.4 Å². The van der Waals surface area contributed by atoms with Crippen LogP contribution in [0.15, 0.2) is 42.7 Å². The Bertz CT molecular complexity index is 1020. The van der Waals surface area contributed by atoms with E-state index in [1.54, 1.807) is 12.1 Å². The summed E-state index contributed by atoms with van der Waals surface area (Å²) in [6.45, 7) is 5.89. The third-order valence-electron chi connectivity index (χ3n) is 4.27. The van der Waals surface area contributed by atoms with Gasteiger partial charge in [-0.25, -0.2) is 9.97 Å². The van der Waals surface area contributed by atoms with Crippen molar-refractivity contribution in [1.82, 2.24) is 9.97 Å². The van der Waals surface area contributed by atoms with Crippen molar-refractivity contribution in [2.45, 2.75) is 20.8 Å². The third-order valence-corrected chi connectivity index (χ3v) is 4.68. The van der Waals surface area contributed by atoms with E-state index in [9.17, 15) is 4.79 Å². The second-order valence-corrected chi connectivity index (χ2v) is 6.89. The van der Waals surface area contributed by atoms with Crippen LogP contribution >= 0.6 is 11.6 Å². The lowest BCUT2D eigenvalue weighted by molar-refractivity contribution is 0.102. The number of carbonyl (C=O) groups excluding carboxylic acids is 1. The average molecular weight is 397 g/mol. The molecule has 1 heterocycles. The predicted octanol–water partition coefficient (Wildman–Crippen LogP) is 5.06. The molecule has 0 unspecified atom stereocenters. The van der Waals surface area contributed by atoms with Crippen molar-refractivity contribution in [3.63, 3.8) is 0 Å². The van der Waals surface area contributed by atoms with Crippen LogP contribution in [0, 0.1) is 20.8 Å². The minimum absolute atomic E-state index is 0.196. The largest absolute Gasteiger partial charge is 0.495 e. The molecule has 0 saturated heterocycles. The Hall–Kier alpha value is -3.12. The molecule has 0 radical (unpaired) electrons. The molecule has 0 fully saturated rings. The SMILES string of the molecule is COc1cc(Cl)c(C)cc1NC(=O)c1cnc(Nc2cc(C)ccc2C)cn1. The van der Waals surface area contributed by atoms with Crippen LogP contribution in [0.3, 0.4) is 0 Å². The van der Waals surface area contributed by atoms with Crippen LogP contribution in [0.1, 0.15) is 27.2 Å². The van der Waals surface area contributed by atoms with Crippen LogP contribution in [-0.2, 0) is 0 Å². The van der Waals surface area contributed by atoms with Crippen LogP contribution in [0.25, 0.3) is 0 Å². The van der Waals surface area contributed by atoms with E-state index in [4.69, 9.17) is 16.3 Å². The van der Waals surface area contributed by atoms with E-state index in [1.165, 1.54) is 19.5 Å². The van der Waals surface area contributed by atoms with Crippen molar-refractivity contribution in [2.24, 2.45) is 0 Å². The number of anilines is 3. The maximum atomic E-state index is 12.5. The lowest BCUT2D eigenvalue weighted by Crippen LogP contribution is -2.15. The number of aryl methyl sites for hydroxylation is 3. The quantitative estimate of drug-likeness (QED) is 0.630. The highest BCUT2D eigenvalue weighted by molar-refractivity contribution is 6.31. The van der Waals surface area contributed by atoms with Gasteiger partial charge in [0.05, 0.1) is 25.2 Å². The average Bonchev–Trinajstić information content (AvgIpc) is 2.68. The minimum atomic E-state index is -0.384. The topological polar surface area (TPSA) is 76.1 Å². The molecule has 0 atom stereocenters. The van der Waals surface area contributed by atoms with Crippen LogP contribution in [0.2, 0.25) is 5.02 Å². The fraction of sp³-hybridized carbons (Fsp3) is 0.190. The van der Waals surface area contributed by atoms with Crippen LogP contribution < -0.4 is 15.4 Å². The van der Waals surface area contributed by atoms with Gasteiger partial charge in [-0.1, -0.05) is 23.7 Å². The van der Waals surface area contributed by atoms with Gasteiger partial charge in [-0.15, -0.1) is 0 Å². The summed E-state index contributed by atoms with van der Waals surface area (Å²) < 4.78 is 5.28. The molecule has 3 rings (SSSR count). The van der Waals surface area contributed by atoms with Gasteiger partial charge in [0, 0.05) is 16.8 Å². The minimum Gasteiger partial charge on any atom is -0.495 e. The molecule has 2 N–H and O–H groups in total. The van der Waals surface area contributed by atoms with E-state index >= 15 is 0 Å². The number of aromatic nitrogens is 2. The molecule has 1 amide bonds. The molecule has 0 aliphatic heterocycles. The molecular weight excluding hydrogens is 376 g/mol. The van der Waals surface area contributed by atoms with Crippen molar-refractivity contribution < 1.29 is 9.53 Å². The maximum absolute atomic E-state index is 12.5. The summed E-state index contributed by atoms with van der Waals surface area (Å²) >= 11 is 6.10. The van der Waals surface area contributed by atoms with Crippen molar-refractivity contribution in [3.05, 3.63) is 70.1 Å². The van der Waals surface area contributed by atoms with Crippen molar-refractivity contribution in [2.75, 3.05) is 17.7 Å². The second kappa shape index (κ2) is 8.27. The number of halogens is 1. The lowest BCUT2D eigenvalue weighted by atomic mass is 10.1. The summed E-state index contributed by atoms with van der Waals surface area (Å²) in [7, 11) is 1.52. The summed E-state index contributed by atoms with van der Waals surface area (Å²) in [4.78, 5) is 21.0. The number of amides is 1. The van der Waals surface area contributed by atoms with Gasteiger partial charge in [-0.05, 0) is 49.6 Å². The van der Waals surface area contributed by atoms with Gasteiger partial charge in [-0.2, -0.15) is 0 Å². The molecule has 6 nitrogen and oxygen atoms in total. The van der Waals surface area contributed by atoms with E-state index in [-0.39, 0.29) is 11.6 Å². The second-order valence-electron chi connectivity index (χ2n) is 6.49. The first kappa shape index (κ1) is 19.6. The van der Waals surface area contributed by atoms with Gasteiger partial charge in [0.1, 0.15) is 17.3 Å². The van der Waals surface area contributed by atoms with Gasteiger partial charge in [0.25, 0.3) is 5.91 Å². The van der Waals surface area contributed by atoms with E-state index in [0.29, 0.717) is 22.3 Å². The van der Waals surface area contributed by atoms with Crippen LogP contribution in [-0.4, -0.2) is 23.0 Å². The Balaban J connectivity index is 1.75. The number of rotatable bonds is 5. The highest BCUT2D eigenvalue weighted by Gasteiger charge is 2.13. The molecule has 0 aliphatic carbocycles. The van der Waals surface area contributed by atoms with E-state index in [2.05, 4.69) is 20.6 Å². The first-order chi connectivity index (χ1) is 13.4. The number of ether oxygens (including phenoxy) is 1. The molecule has 3 aromatic rings. The van der Waals surface area contributed by atoms with E-state index in [0.717, 1.165) is 22.4 Å². The predicted molar refractivity (Wildman–Crippen MR) is 112 cm³/mol. The smallest absolute Gasteiger partial charge is 0.275 e. The van der Waals surface area contributed by atoms with E-state index in [1.807, 2.05) is 39.0 Å². The van der Waals surface area contributed by atoms with Gasteiger partial charge in [-0.3, -0.25) is 4.79 Å². The summed E-state index contributed by atoms with van der Waals surface area (Å²) in [6.07, 6.45) is 2.96. The highest BCUT2D eigenvalue weighted by Crippen LogP contribution is 2.31. The van der Waals surface area contributed by atoms with Crippen LogP contribution in [0.5, 0.6) is 5.75 Å². The van der Waals surface area contributed by atoms with Crippen molar-refractivity contribution >= 4 is 34.7 Å². The summed E-state index contributed by atoms with van der Waals surface area (Å²) in [5, 5.41) is 6.57. The molecule has 0 bridgehead atoms. The first-order valence-corrected chi connectivity index (χ1v) is 9.07. The van der Waals surface area contributed by atoms with E-state index < -0.39 is 0 Å². The number of nitrogens with one attached hydrogen (secondary N) is 2. The molecule has 7 heteroatoms. The number of benzene rings is 2. The summed E-state index contributed by atoms with van der Waals surface area (Å²) in [6, 6.07) is 9.53. The first-order valence-electron chi connectivity index (χ1n) is 8.69. The lowest BCUT2D eigenvalue weighted by Gasteiger charge is -2.12. The molecule has 144 valence electrons. The fourth-order valence-electron chi connectivity index (χ4n) is 2.63. The van der Waals surface area contributed by atoms with Crippen molar-refractivity contribution in [1.29, 1.82) is 0 Å². The molecule has 0 aliphatic rings. The zero-order valence-corrected chi connectivity index (χ0v) is 16.9. The molecule has 1 aromatic heterocycles. The molecular formula is C21H21ClN4O2. The number of hydrogen-bond donors (Lipinski definition) is 2.